The molecule has 3 nitrogen and oxygen atoms in total. The quantitative estimate of drug-likeness (QED) is 0.820. The number of nitrogens with one attached hydrogen (secondary N) is 1. The molecule has 0 saturated carbocycles. The molecule has 0 aliphatic heterocycles. The number of carbonyl (C=O) groups excluding carboxylic acids is 1. The molecule has 22 heavy (non-hydrogen) atoms. The molecule has 1 amide bonds. The Bertz CT molecular complexity index is 534. The van der Waals surface area contributed by atoms with Gasteiger partial charge in [0.25, 0.3) is 0 Å². The van der Waals surface area contributed by atoms with Crippen LogP contribution in [0.5, 0.6) is 0 Å². The summed E-state index contributed by atoms with van der Waals surface area (Å²) in [6, 6.07) is 7.11. The van der Waals surface area contributed by atoms with Gasteiger partial charge in [-0.1, -0.05) is 44.2 Å². The summed E-state index contributed by atoms with van der Waals surface area (Å²) >= 11 is 0. The van der Waals surface area contributed by atoms with Gasteiger partial charge in [0.1, 0.15) is 0 Å². The molecule has 0 spiro atoms. The Morgan fingerprint density at radius 3 is 2.27 bits per heavy atom. The van der Waals surface area contributed by atoms with Crippen LogP contribution in [0.2, 0.25) is 0 Å². The van der Waals surface area contributed by atoms with Crippen LogP contribution in [0, 0.1) is 5.92 Å². The van der Waals surface area contributed by atoms with Crippen LogP contribution < -0.4 is 5.32 Å². The maximum atomic E-state index is 13.1. The largest absolute Gasteiger partial charge is 0.417 e. The molecule has 0 aromatic heterocycles. The second-order valence-electron chi connectivity index (χ2n) is 5.65. The van der Waals surface area contributed by atoms with Gasteiger partial charge >= 0.3 is 6.18 Å². The van der Waals surface area contributed by atoms with Gasteiger partial charge in [-0.25, -0.2) is 0 Å². The van der Waals surface area contributed by atoms with Crippen LogP contribution >= 0.6 is 0 Å². The summed E-state index contributed by atoms with van der Waals surface area (Å²) in [7, 11) is 0. The van der Waals surface area contributed by atoms with Crippen LogP contribution in [-0.4, -0.2) is 29.3 Å². The zero-order chi connectivity index (χ0) is 17.0. The van der Waals surface area contributed by atoms with Gasteiger partial charge in [-0.2, -0.15) is 13.2 Å². The van der Waals surface area contributed by atoms with Gasteiger partial charge in [-0.3, -0.25) is 4.79 Å². The summed E-state index contributed by atoms with van der Waals surface area (Å²) in [5, 5.41) is 12.3. The molecule has 2 N–H and O–H groups in total. The van der Waals surface area contributed by atoms with Crippen LogP contribution in [-0.2, 0) is 4.79 Å². The first-order chi connectivity index (χ1) is 10.0. The third-order valence-corrected chi connectivity index (χ3v) is 3.53. The normalized spacial score (nSPS) is 15.5. The van der Waals surface area contributed by atoms with Crippen LogP contribution in [0.3, 0.4) is 0 Å². The van der Waals surface area contributed by atoms with E-state index >= 15 is 0 Å². The van der Waals surface area contributed by atoms with Crippen LogP contribution in [0.25, 0.3) is 5.57 Å². The van der Waals surface area contributed by atoms with Crippen LogP contribution in [0.15, 0.2) is 36.4 Å². The molecule has 6 heteroatoms. The molecule has 1 aromatic carbocycles. The van der Waals surface area contributed by atoms with E-state index in [0.29, 0.717) is 6.08 Å². The molecule has 1 rings (SSSR count). The fourth-order valence-corrected chi connectivity index (χ4v) is 1.60. The van der Waals surface area contributed by atoms with E-state index in [1.807, 2.05) is 0 Å². The highest BCUT2D eigenvalue weighted by Crippen LogP contribution is 2.33. The van der Waals surface area contributed by atoms with Crippen molar-refractivity contribution in [2.75, 3.05) is 6.54 Å². The standard InChI is InChI=1S/C16H20F3NO2/c1-11(2)15(3,22)10-20-14(21)9-13(16(17,18)19)12-7-5-4-6-8-12/h4-9,11,22H,10H2,1-3H3,(H,20,21). The summed E-state index contributed by atoms with van der Waals surface area (Å²) in [5.74, 6) is -1.04. The number of aliphatic hydroxyl groups is 1. The first-order valence-electron chi connectivity index (χ1n) is 6.88. The highest BCUT2D eigenvalue weighted by atomic mass is 19.4. The highest BCUT2D eigenvalue weighted by molar-refractivity contribution is 5.96. The van der Waals surface area contributed by atoms with E-state index < -0.39 is 23.3 Å². The first-order valence-corrected chi connectivity index (χ1v) is 6.88. The maximum Gasteiger partial charge on any atom is 0.417 e. The topological polar surface area (TPSA) is 49.3 Å². The lowest BCUT2D eigenvalue weighted by Gasteiger charge is -2.27. The van der Waals surface area contributed by atoms with E-state index in [0.717, 1.165) is 0 Å². The zero-order valence-electron chi connectivity index (χ0n) is 12.7. The molecule has 0 fully saturated rings. The number of benzene rings is 1. The molecule has 1 aromatic rings. The average molecular weight is 315 g/mol. The number of hydrogen-bond acceptors (Lipinski definition) is 2. The van der Waals surface area contributed by atoms with Crippen molar-refractivity contribution in [2.24, 2.45) is 5.92 Å². The smallest absolute Gasteiger partial charge is 0.388 e. The Morgan fingerprint density at radius 2 is 1.82 bits per heavy atom. The predicted octanol–water partition coefficient (Wildman–Crippen LogP) is 3.16. The molecular weight excluding hydrogens is 295 g/mol. The first kappa shape index (κ1) is 18.2. The Kier molecular flexibility index (Phi) is 5.77. The number of allylic oxidation sites excluding steroid dienone is 1. The van der Waals surface area contributed by atoms with Crippen molar-refractivity contribution in [3.05, 3.63) is 42.0 Å². The molecule has 122 valence electrons. The van der Waals surface area contributed by atoms with Gasteiger partial charge in [0, 0.05) is 12.6 Å². The molecule has 0 aliphatic rings. The van der Waals surface area contributed by atoms with Gasteiger partial charge in [-0.15, -0.1) is 0 Å². The molecule has 1 atom stereocenters. The monoisotopic (exact) mass is 315 g/mol. The minimum Gasteiger partial charge on any atom is -0.388 e. The Morgan fingerprint density at radius 1 is 1.27 bits per heavy atom. The number of hydrogen-bond donors (Lipinski definition) is 2. The van der Waals surface area contributed by atoms with Crippen molar-refractivity contribution in [3.8, 4) is 0 Å². The van der Waals surface area contributed by atoms with Crippen molar-refractivity contribution in [1.29, 1.82) is 0 Å². The van der Waals surface area contributed by atoms with E-state index in [4.69, 9.17) is 0 Å². The lowest BCUT2D eigenvalue weighted by molar-refractivity contribution is -0.118. The van der Waals surface area contributed by atoms with E-state index in [2.05, 4.69) is 5.32 Å². The number of rotatable bonds is 5. The second-order valence-corrected chi connectivity index (χ2v) is 5.65. The minimum atomic E-state index is -4.64. The Balaban J connectivity index is 2.93. The third kappa shape index (κ3) is 5.18. The van der Waals surface area contributed by atoms with Crippen molar-refractivity contribution in [2.45, 2.75) is 32.5 Å². The third-order valence-electron chi connectivity index (χ3n) is 3.53. The highest BCUT2D eigenvalue weighted by Gasteiger charge is 2.35. The van der Waals surface area contributed by atoms with E-state index in [-0.39, 0.29) is 18.0 Å². The predicted molar refractivity (Wildman–Crippen MR) is 78.9 cm³/mol. The van der Waals surface area contributed by atoms with Crippen molar-refractivity contribution < 1.29 is 23.1 Å². The van der Waals surface area contributed by atoms with Gasteiger partial charge < -0.3 is 10.4 Å². The van der Waals surface area contributed by atoms with Crippen molar-refractivity contribution in [3.63, 3.8) is 0 Å². The Labute approximate surface area is 127 Å². The summed E-state index contributed by atoms with van der Waals surface area (Å²) in [4.78, 5) is 11.7. The van der Waals surface area contributed by atoms with Gasteiger partial charge in [-0.05, 0) is 18.4 Å². The minimum absolute atomic E-state index is 0.0826. The molecular formula is C16H20F3NO2. The zero-order valence-corrected chi connectivity index (χ0v) is 12.7. The molecule has 0 saturated heterocycles. The van der Waals surface area contributed by atoms with Crippen LogP contribution in [0.1, 0.15) is 26.3 Å². The maximum absolute atomic E-state index is 13.1. The number of amides is 1. The fourth-order valence-electron chi connectivity index (χ4n) is 1.60. The second kappa shape index (κ2) is 6.96. The summed E-state index contributed by atoms with van der Waals surface area (Å²) < 4.78 is 39.2. The molecule has 1 unspecified atom stereocenters. The van der Waals surface area contributed by atoms with E-state index in [9.17, 15) is 23.1 Å². The lowest BCUT2D eigenvalue weighted by Crippen LogP contribution is -2.44. The SMILES string of the molecule is CC(C)C(C)(O)CNC(=O)C=C(c1ccccc1)C(F)(F)F. The number of alkyl halides is 3. The summed E-state index contributed by atoms with van der Waals surface area (Å²) in [5.41, 5.74) is -2.29. The fraction of sp³-hybridized carbons (Fsp3) is 0.438. The number of carbonyl (C=O) groups is 1. The molecule has 0 heterocycles. The summed E-state index contributed by atoms with van der Waals surface area (Å²) in [6.45, 7) is 4.91. The lowest BCUT2D eigenvalue weighted by atomic mass is 9.92. The van der Waals surface area contributed by atoms with E-state index in [1.165, 1.54) is 31.2 Å². The van der Waals surface area contributed by atoms with Gasteiger partial charge in [0.15, 0.2) is 0 Å². The summed E-state index contributed by atoms with van der Waals surface area (Å²) in [6.07, 6.45) is -4.12. The van der Waals surface area contributed by atoms with Crippen LogP contribution in [0.4, 0.5) is 13.2 Å². The molecule has 0 bridgehead atoms. The molecule has 0 radical (unpaired) electrons. The average Bonchev–Trinajstić information content (AvgIpc) is 2.42. The van der Waals surface area contributed by atoms with Crippen molar-refractivity contribution >= 4 is 11.5 Å². The van der Waals surface area contributed by atoms with Crippen molar-refractivity contribution in [1.82, 2.24) is 5.32 Å². The van der Waals surface area contributed by atoms with Gasteiger partial charge in [0.2, 0.25) is 5.91 Å². The molecule has 0 aliphatic carbocycles. The Hall–Kier alpha value is -1.82. The van der Waals surface area contributed by atoms with Gasteiger partial charge in [0.05, 0.1) is 11.2 Å². The van der Waals surface area contributed by atoms with E-state index in [1.54, 1.807) is 19.9 Å². The number of halogens is 3.